The topological polar surface area (TPSA) is 47.6 Å². The van der Waals surface area contributed by atoms with Gasteiger partial charge in [0.15, 0.2) is 11.5 Å². The van der Waals surface area contributed by atoms with E-state index in [2.05, 4.69) is 5.32 Å². The zero-order chi connectivity index (χ0) is 16.7. The summed E-state index contributed by atoms with van der Waals surface area (Å²) in [4.78, 5) is 11.8. The lowest BCUT2D eigenvalue weighted by molar-refractivity contribution is -0.120. The number of carbonyl (C=O) groups is 1. The average molecular weight is 338 g/mol. The molecule has 23 heavy (non-hydrogen) atoms. The van der Waals surface area contributed by atoms with Crippen molar-refractivity contribution in [3.63, 3.8) is 0 Å². The van der Waals surface area contributed by atoms with E-state index in [0.29, 0.717) is 28.6 Å². The minimum Gasteiger partial charge on any atom is -0.493 e. The molecule has 0 saturated carbocycles. The second-order valence-corrected chi connectivity index (χ2v) is 5.20. The number of nitrogens with one attached hydrogen (secondary N) is 1. The fourth-order valence-corrected chi connectivity index (χ4v) is 2.15. The summed E-state index contributed by atoms with van der Waals surface area (Å²) in [5.74, 6) is 0.461. The van der Waals surface area contributed by atoms with Gasteiger partial charge in [0.1, 0.15) is 12.4 Å². The fraction of sp³-hybridized carbons (Fsp3) is 0.235. The highest BCUT2D eigenvalue weighted by Gasteiger charge is 2.09. The summed E-state index contributed by atoms with van der Waals surface area (Å²) in [6.45, 7) is 0.599. The van der Waals surface area contributed by atoms with Gasteiger partial charge in [-0.05, 0) is 29.8 Å². The Labute approximate surface area is 139 Å². The van der Waals surface area contributed by atoms with Gasteiger partial charge in [-0.1, -0.05) is 29.8 Å². The van der Waals surface area contributed by atoms with Gasteiger partial charge < -0.3 is 14.8 Å². The molecule has 2 aromatic carbocycles. The van der Waals surface area contributed by atoms with E-state index in [0.717, 1.165) is 0 Å². The summed E-state index contributed by atoms with van der Waals surface area (Å²) >= 11 is 5.67. The summed E-state index contributed by atoms with van der Waals surface area (Å²) < 4.78 is 24.3. The number of methoxy groups -OCH3 is 1. The lowest BCUT2D eigenvalue weighted by Crippen LogP contribution is -2.29. The van der Waals surface area contributed by atoms with Gasteiger partial charge >= 0.3 is 0 Å². The van der Waals surface area contributed by atoms with Crippen LogP contribution in [0.15, 0.2) is 42.5 Å². The summed E-state index contributed by atoms with van der Waals surface area (Å²) in [6, 6.07) is 11.5. The van der Waals surface area contributed by atoms with Crippen LogP contribution in [-0.2, 0) is 11.2 Å². The molecule has 0 aliphatic rings. The molecule has 0 aliphatic carbocycles. The number of halogens is 2. The second kappa shape index (κ2) is 8.39. The quantitative estimate of drug-likeness (QED) is 0.789. The van der Waals surface area contributed by atoms with Crippen LogP contribution in [0.25, 0.3) is 0 Å². The van der Waals surface area contributed by atoms with E-state index in [1.807, 2.05) is 12.1 Å². The highest BCUT2D eigenvalue weighted by molar-refractivity contribution is 6.30. The molecule has 0 spiro atoms. The molecule has 0 aromatic heterocycles. The van der Waals surface area contributed by atoms with Crippen LogP contribution in [0.3, 0.4) is 0 Å². The van der Waals surface area contributed by atoms with Crippen molar-refractivity contribution in [1.82, 2.24) is 5.32 Å². The van der Waals surface area contributed by atoms with Crippen LogP contribution >= 0.6 is 11.6 Å². The zero-order valence-corrected chi connectivity index (χ0v) is 13.4. The van der Waals surface area contributed by atoms with E-state index in [-0.39, 0.29) is 18.9 Å². The molecule has 6 heteroatoms. The van der Waals surface area contributed by atoms with Crippen molar-refractivity contribution in [2.24, 2.45) is 0 Å². The lowest BCUT2D eigenvalue weighted by Gasteiger charge is -2.11. The van der Waals surface area contributed by atoms with E-state index in [4.69, 9.17) is 21.1 Å². The largest absolute Gasteiger partial charge is 0.493 e. The predicted molar refractivity (Wildman–Crippen MR) is 86.6 cm³/mol. The molecular weight excluding hydrogens is 321 g/mol. The van der Waals surface area contributed by atoms with Gasteiger partial charge in [0, 0.05) is 5.02 Å². The maximum absolute atomic E-state index is 13.6. The van der Waals surface area contributed by atoms with Gasteiger partial charge in [0.2, 0.25) is 5.91 Å². The highest BCUT2D eigenvalue weighted by Crippen LogP contribution is 2.25. The molecule has 0 heterocycles. The standard InChI is InChI=1S/C17H17ClFNO3/c1-22-15-4-2-3-5-16(15)23-9-8-20-17(21)10-12-6-7-13(18)11-14(12)19/h2-7,11H,8-10H2,1H3,(H,20,21). The third kappa shape index (κ3) is 5.14. The van der Waals surface area contributed by atoms with Crippen LogP contribution in [0.4, 0.5) is 4.39 Å². The van der Waals surface area contributed by atoms with Crippen LogP contribution in [0, 0.1) is 5.82 Å². The van der Waals surface area contributed by atoms with Crippen molar-refractivity contribution in [2.75, 3.05) is 20.3 Å². The first-order valence-electron chi connectivity index (χ1n) is 7.06. The Balaban J connectivity index is 1.76. The van der Waals surface area contributed by atoms with E-state index >= 15 is 0 Å². The molecule has 2 rings (SSSR count). The Morgan fingerprint density at radius 3 is 2.65 bits per heavy atom. The van der Waals surface area contributed by atoms with E-state index < -0.39 is 5.82 Å². The number of rotatable bonds is 7. The third-order valence-electron chi connectivity index (χ3n) is 3.12. The molecular formula is C17H17ClFNO3. The number of ether oxygens (including phenoxy) is 2. The molecule has 0 saturated heterocycles. The first kappa shape index (κ1) is 17.1. The number of benzene rings is 2. The van der Waals surface area contributed by atoms with Crippen LogP contribution < -0.4 is 14.8 Å². The summed E-state index contributed by atoms with van der Waals surface area (Å²) in [7, 11) is 1.56. The Morgan fingerprint density at radius 1 is 1.22 bits per heavy atom. The Morgan fingerprint density at radius 2 is 1.96 bits per heavy atom. The molecule has 4 nitrogen and oxygen atoms in total. The maximum Gasteiger partial charge on any atom is 0.224 e. The van der Waals surface area contributed by atoms with Gasteiger partial charge in [0.25, 0.3) is 0 Å². The molecule has 1 amide bonds. The number of hydrogen-bond donors (Lipinski definition) is 1. The van der Waals surface area contributed by atoms with Gasteiger partial charge in [0.05, 0.1) is 20.1 Å². The summed E-state index contributed by atoms with van der Waals surface area (Å²) in [5.41, 5.74) is 0.303. The van der Waals surface area contributed by atoms with Crippen LogP contribution in [0.2, 0.25) is 5.02 Å². The number of carbonyl (C=O) groups excluding carboxylic acids is 1. The first-order valence-corrected chi connectivity index (χ1v) is 7.44. The summed E-state index contributed by atoms with van der Waals surface area (Å²) in [5, 5.41) is 2.98. The van der Waals surface area contributed by atoms with Gasteiger partial charge in [-0.15, -0.1) is 0 Å². The van der Waals surface area contributed by atoms with E-state index in [1.54, 1.807) is 25.3 Å². The Hall–Kier alpha value is -2.27. The molecule has 0 bridgehead atoms. The number of para-hydroxylation sites is 2. The zero-order valence-electron chi connectivity index (χ0n) is 12.6. The fourth-order valence-electron chi connectivity index (χ4n) is 1.99. The minimum atomic E-state index is -0.488. The smallest absolute Gasteiger partial charge is 0.224 e. The first-order chi connectivity index (χ1) is 11.1. The van der Waals surface area contributed by atoms with Crippen molar-refractivity contribution in [2.45, 2.75) is 6.42 Å². The van der Waals surface area contributed by atoms with Crippen molar-refractivity contribution >= 4 is 17.5 Å². The molecule has 0 aliphatic heterocycles. The minimum absolute atomic E-state index is 0.0440. The van der Waals surface area contributed by atoms with Gasteiger partial charge in [-0.25, -0.2) is 4.39 Å². The SMILES string of the molecule is COc1ccccc1OCCNC(=O)Cc1ccc(Cl)cc1F. The Bertz CT molecular complexity index is 679. The van der Waals surface area contributed by atoms with Crippen molar-refractivity contribution in [3.05, 3.63) is 58.9 Å². The third-order valence-corrected chi connectivity index (χ3v) is 3.35. The van der Waals surface area contributed by atoms with Crippen molar-refractivity contribution in [1.29, 1.82) is 0 Å². The average Bonchev–Trinajstić information content (AvgIpc) is 2.54. The number of hydrogen-bond acceptors (Lipinski definition) is 3. The summed E-state index contributed by atoms with van der Waals surface area (Å²) in [6.07, 6.45) is -0.0440. The molecule has 122 valence electrons. The molecule has 0 atom stereocenters. The highest BCUT2D eigenvalue weighted by atomic mass is 35.5. The molecule has 0 radical (unpaired) electrons. The van der Waals surface area contributed by atoms with Gasteiger partial charge in [-0.3, -0.25) is 4.79 Å². The molecule has 0 unspecified atom stereocenters. The molecule has 2 aromatic rings. The monoisotopic (exact) mass is 337 g/mol. The van der Waals surface area contributed by atoms with E-state index in [9.17, 15) is 9.18 Å². The van der Waals surface area contributed by atoms with Gasteiger partial charge in [-0.2, -0.15) is 0 Å². The van der Waals surface area contributed by atoms with E-state index in [1.165, 1.54) is 12.1 Å². The molecule has 0 fully saturated rings. The Kier molecular flexibility index (Phi) is 6.23. The van der Waals surface area contributed by atoms with Crippen LogP contribution in [0.5, 0.6) is 11.5 Å². The predicted octanol–water partition coefficient (Wildman–Crippen LogP) is 3.23. The normalized spacial score (nSPS) is 10.2. The van der Waals surface area contributed by atoms with Crippen LogP contribution in [-0.4, -0.2) is 26.2 Å². The van der Waals surface area contributed by atoms with Crippen molar-refractivity contribution < 1.29 is 18.7 Å². The van der Waals surface area contributed by atoms with Crippen molar-refractivity contribution in [3.8, 4) is 11.5 Å². The second-order valence-electron chi connectivity index (χ2n) is 4.76. The lowest BCUT2D eigenvalue weighted by atomic mass is 10.1. The van der Waals surface area contributed by atoms with Crippen LogP contribution in [0.1, 0.15) is 5.56 Å². The maximum atomic E-state index is 13.6. The molecule has 1 N–H and O–H groups in total. The number of amides is 1.